The molecular weight excluding hydrogens is 400 g/mol. The summed E-state index contributed by atoms with van der Waals surface area (Å²) in [7, 11) is -3.66. The van der Waals surface area contributed by atoms with Crippen LogP contribution < -0.4 is 14.4 Å². The topological polar surface area (TPSA) is 75.7 Å². The lowest BCUT2D eigenvalue weighted by Gasteiger charge is -2.39. The molecular formula is C23H30N2O4S. The molecule has 0 aliphatic carbocycles. The van der Waals surface area contributed by atoms with Gasteiger partial charge in [0.1, 0.15) is 17.4 Å². The van der Waals surface area contributed by atoms with Gasteiger partial charge >= 0.3 is 0 Å². The number of nitrogens with zero attached hydrogens (tertiary/aromatic N) is 1. The summed E-state index contributed by atoms with van der Waals surface area (Å²) < 4.78 is 32.5. The van der Waals surface area contributed by atoms with Crippen molar-refractivity contribution in [1.82, 2.24) is 5.32 Å². The number of carbonyl (C=O) groups is 1. The second-order valence-corrected chi connectivity index (χ2v) is 10.3. The van der Waals surface area contributed by atoms with Crippen LogP contribution in [0, 0.1) is 6.92 Å². The number of rotatable bonds is 6. The minimum absolute atomic E-state index is 0.261. The van der Waals surface area contributed by atoms with Crippen molar-refractivity contribution >= 4 is 21.6 Å². The zero-order valence-electron chi connectivity index (χ0n) is 18.2. The summed E-state index contributed by atoms with van der Waals surface area (Å²) in [5, 5.41) is 3.10. The third kappa shape index (κ3) is 4.78. The first kappa shape index (κ1) is 22.2. The van der Waals surface area contributed by atoms with E-state index in [4.69, 9.17) is 4.74 Å². The molecule has 3 rings (SSSR count). The summed E-state index contributed by atoms with van der Waals surface area (Å²) >= 11 is 0. The standard InChI is InChI=1S/C23H30N2O4S/c1-6-20(25(30(5,27)28)17-10-8-7-9-11-17)22(26)24-19-15-23(3,4)29-21-14-16(2)12-13-18(19)21/h7-14,19-20H,6,15H2,1-5H3,(H,24,26)/t19-,20+/m1/s1. The van der Waals surface area contributed by atoms with Crippen molar-refractivity contribution in [3.63, 3.8) is 0 Å². The molecule has 2 aromatic carbocycles. The van der Waals surface area contributed by atoms with Gasteiger partial charge in [-0.1, -0.05) is 37.3 Å². The van der Waals surface area contributed by atoms with E-state index in [1.165, 1.54) is 4.31 Å². The van der Waals surface area contributed by atoms with Gasteiger partial charge in [-0.3, -0.25) is 9.10 Å². The molecule has 0 radical (unpaired) electrons. The van der Waals surface area contributed by atoms with E-state index in [0.29, 0.717) is 18.5 Å². The van der Waals surface area contributed by atoms with E-state index in [1.807, 2.05) is 52.0 Å². The number of fused-ring (bicyclic) bond motifs is 1. The molecule has 1 aliphatic rings. The van der Waals surface area contributed by atoms with Crippen LogP contribution in [0.5, 0.6) is 5.75 Å². The van der Waals surface area contributed by atoms with Crippen LogP contribution in [0.1, 0.15) is 50.8 Å². The predicted octanol–water partition coefficient (Wildman–Crippen LogP) is 3.96. The van der Waals surface area contributed by atoms with Crippen LogP contribution >= 0.6 is 0 Å². The Balaban J connectivity index is 1.93. The molecule has 0 saturated heterocycles. The highest BCUT2D eigenvalue weighted by Gasteiger charge is 2.37. The molecule has 2 aromatic rings. The fourth-order valence-electron chi connectivity index (χ4n) is 3.99. The van der Waals surface area contributed by atoms with Gasteiger partial charge in [-0.2, -0.15) is 0 Å². The SMILES string of the molecule is CC[C@@H](C(=O)N[C@@H]1CC(C)(C)Oc2cc(C)ccc21)N(c1ccccc1)S(C)(=O)=O. The van der Waals surface area contributed by atoms with Crippen LogP contribution in [0.4, 0.5) is 5.69 Å². The minimum atomic E-state index is -3.66. The lowest BCUT2D eigenvalue weighted by Crippen LogP contribution is -2.51. The maximum atomic E-state index is 13.3. The van der Waals surface area contributed by atoms with Crippen molar-refractivity contribution in [1.29, 1.82) is 0 Å². The fraction of sp³-hybridized carbons (Fsp3) is 0.435. The van der Waals surface area contributed by atoms with Gasteiger partial charge in [0.2, 0.25) is 15.9 Å². The van der Waals surface area contributed by atoms with E-state index in [0.717, 1.165) is 23.1 Å². The zero-order chi connectivity index (χ0) is 22.1. The Morgan fingerprint density at radius 2 is 1.90 bits per heavy atom. The second-order valence-electron chi connectivity index (χ2n) is 8.49. The summed E-state index contributed by atoms with van der Waals surface area (Å²) in [5.41, 5.74) is 2.02. The Morgan fingerprint density at radius 1 is 1.23 bits per heavy atom. The molecule has 0 saturated carbocycles. The van der Waals surface area contributed by atoms with Crippen molar-refractivity contribution in [2.75, 3.05) is 10.6 Å². The van der Waals surface area contributed by atoms with E-state index in [9.17, 15) is 13.2 Å². The normalized spacial score (nSPS) is 18.6. The quantitative estimate of drug-likeness (QED) is 0.753. The van der Waals surface area contributed by atoms with Crippen molar-refractivity contribution in [3.05, 3.63) is 59.7 Å². The highest BCUT2D eigenvalue weighted by atomic mass is 32.2. The number of sulfonamides is 1. The molecule has 30 heavy (non-hydrogen) atoms. The van der Waals surface area contributed by atoms with Gasteiger partial charge < -0.3 is 10.1 Å². The lowest BCUT2D eigenvalue weighted by atomic mass is 9.89. The van der Waals surface area contributed by atoms with Crippen molar-refractivity contribution in [3.8, 4) is 5.75 Å². The van der Waals surface area contributed by atoms with Crippen LogP contribution in [-0.4, -0.2) is 32.2 Å². The third-order valence-electron chi connectivity index (χ3n) is 5.28. The zero-order valence-corrected chi connectivity index (χ0v) is 19.0. The Labute approximate surface area is 179 Å². The number of carbonyl (C=O) groups excluding carboxylic acids is 1. The smallest absolute Gasteiger partial charge is 0.244 e. The van der Waals surface area contributed by atoms with Crippen LogP contribution in [0.3, 0.4) is 0 Å². The minimum Gasteiger partial charge on any atom is -0.487 e. The van der Waals surface area contributed by atoms with Crippen LogP contribution in [0.2, 0.25) is 0 Å². The Morgan fingerprint density at radius 3 is 2.50 bits per heavy atom. The summed E-state index contributed by atoms with van der Waals surface area (Å²) in [6, 6.07) is 13.6. The first-order chi connectivity index (χ1) is 14.0. The number of hydrogen-bond donors (Lipinski definition) is 1. The monoisotopic (exact) mass is 430 g/mol. The number of nitrogens with one attached hydrogen (secondary N) is 1. The molecule has 1 heterocycles. The average Bonchev–Trinajstić information content (AvgIpc) is 2.64. The number of ether oxygens (including phenoxy) is 1. The summed E-state index contributed by atoms with van der Waals surface area (Å²) in [6.45, 7) is 7.79. The average molecular weight is 431 g/mol. The Kier molecular flexibility index (Phi) is 6.13. The van der Waals surface area contributed by atoms with E-state index >= 15 is 0 Å². The number of amides is 1. The molecule has 1 aliphatic heterocycles. The summed E-state index contributed by atoms with van der Waals surface area (Å²) in [6.07, 6.45) is 2.07. The lowest BCUT2D eigenvalue weighted by molar-refractivity contribution is -0.123. The van der Waals surface area contributed by atoms with Crippen LogP contribution in [0.25, 0.3) is 0 Å². The Bertz CT molecular complexity index is 1020. The van der Waals surface area contributed by atoms with Gasteiger partial charge in [-0.25, -0.2) is 8.42 Å². The van der Waals surface area contributed by atoms with Crippen molar-refractivity contribution < 1.29 is 17.9 Å². The van der Waals surface area contributed by atoms with Crippen molar-refractivity contribution in [2.24, 2.45) is 0 Å². The molecule has 2 atom stereocenters. The Hall–Kier alpha value is -2.54. The molecule has 0 unspecified atom stereocenters. The molecule has 0 bridgehead atoms. The first-order valence-electron chi connectivity index (χ1n) is 10.2. The van der Waals surface area contributed by atoms with Crippen LogP contribution in [0.15, 0.2) is 48.5 Å². The highest BCUT2D eigenvalue weighted by Crippen LogP contribution is 2.40. The fourth-order valence-corrected chi connectivity index (χ4v) is 5.20. The van der Waals surface area contributed by atoms with Gasteiger partial charge in [-0.05, 0) is 51.0 Å². The molecule has 7 heteroatoms. The number of hydrogen-bond acceptors (Lipinski definition) is 4. The van der Waals surface area contributed by atoms with E-state index in [2.05, 4.69) is 5.32 Å². The maximum absolute atomic E-state index is 13.3. The molecule has 0 aromatic heterocycles. The maximum Gasteiger partial charge on any atom is 0.244 e. The second kappa shape index (κ2) is 8.30. The largest absolute Gasteiger partial charge is 0.487 e. The van der Waals surface area contributed by atoms with Crippen molar-refractivity contribution in [2.45, 2.75) is 58.2 Å². The molecule has 0 spiro atoms. The van der Waals surface area contributed by atoms with Crippen LogP contribution in [-0.2, 0) is 14.8 Å². The molecule has 0 fully saturated rings. The summed E-state index contributed by atoms with van der Waals surface area (Å²) in [5.74, 6) is 0.439. The molecule has 6 nitrogen and oxygen atoms in total. The van der Waals surface area contributed by atoms with E-state index in [1.54, 1.807) is 24.3 Å². The predicted molar refractivity (Wildman–Crippen MR) is 119 cm³/mol. The molecule has 1 N–H and O–H groups in total. The highest BCUT2D eigenvalue weighted by molar-refractivity contribution is 7.92. The number of para-hydroxylation sites is 1. The van der Waals surface area contributed by atoms with E-state index in [-0.39, 0.29) is 11.9 Å². The first-order valence-corrected chi connectivity index (χ1v) is 12.0. The number of benzene rings is 2. The number of aryl methyl sites for hydroxylation is 1. The van der Waals surface area contributed by atoms with E-state index < -0.39 is 21.7 Å². The molecule has 162 valence electrons. The van der Waals surface area contributed by atoms with Gasteiger partial charge in [0.25, 0.3) is 0 Å². The van der Waals surface area contributed by atoms with Gasteiger partial charge in [0.15, 0.2) is 0 Å². The third-order valence-corrected chi connectivity index (χ3v) is 6.46. The van der Waals surface area contributed by atoms with Gasteiger partial charge in [0, 0.05) is 12.0 Å². The van der Waals surface area contributed by atoms with Gasteiger partial charge in [-0.15, -0.1) is 0 Å². The van der Waals surface area contributed by atoms with Gasteiger partial charge in [0.05, 0.1) is 18.0 Å². The summed E-state index contributed by atoms with van der Waals surface area (Å²) in [4.78, 5) is 13.3. The number of anilines is 1. The molecule has 1 amide bonds.